The Kier molecular flexibility index (Phi) is 3.12. The van der Waals surface area contributed by atoms with Gasteiger partial charge in [0.1, 0.15) is 0 Å². The van der Waals surface area contributed by atoms with E-state index in [-0.39, 0.29) is 0 Å². The molecule has 2 N–H and O–H groups in total. The number of nitrogens with one attached hydrogen (secondary N) is 2. The zero-order chi connectivity index (χ0) is 9.97. The molecule has 14 heavy (non-hydrogen) atoms. The average molecular weight is 194 g/mol. The first-order valence-electron chi connectivity index (χ1n) is 5.92. The fourth-order valence-electron chi connectivity index (χ4n) is 2.34. The van der Waals surface area contributed by atoms with Gasteiger partial charge < -0.3 is 10.6 Å². The van der Waals surface area contributed by atoms with Gasteiger partial charge in [-0.2, -0.15) is 0 Å². The molecule has 0 atom stereocenters. The van der Waals surface area contributed by atoms with E-state index in [0.29, 0.717) is 6.04 Å². The first-order valence-corrected chi connectivity index (χ1v) is 5.92. The Morgan fingerprint density at radius 2 is 1.36 bits per heavy atom. The summed E-state index contributed by atoms with van der Waals surface area (Å²) in [6.45, 7) is 5.95. The van der Waals surface area contributed by atoms with Crippen molar-refractivity contribution in [3.8, 4) is 0 Å². The summed E-state index contributed by atoms with van der Waals surface area (Å²) in [7, 11) is 0. The minimum atomic E-state index is 0.685. The number of rotatable bonds is 4. The fraction of sp³-hybridized carbons (Fsp3) is 0.833. The van der Waals surface area contributed by atoms with Crippen molar-refractivity contribution in [1.29, 1.82) is 0 Å². The molecule has 0 spiro atoms. The second-order valence-electron chi connectivity index (χ2n) is 4.91. The molecular weight excluding hydrogens is 172 g/mol. The second-order valence-corrected chi connectivity index (χ2v) is 4.91. The summed E-state index contributed by atoms with van der Waals surface area (Å²) in [5.74, 6) is 0. The van der Waals surface area contributed by atoms with Gasteiger partial charge in [-0.3, -0.25) is 0 Å². The Labute approximate surface area is 87.2 Å². The van der Waals surface area contributed by atoms with Gasteiger partial charge in [-0.15, -0.1) is 0 Å². The highest BCUT2D eigenvalue weighted by Crippen LogP contribution is 2.25. The molecule has 0 bridgehead atoms. The van der Waals surface area contributed by atoms with E-state index in [1.807, 2.05) is 0 Å². The molecule has 2 heteroatoms. The molecule has 0 aromatic rings. The van der Waals surface area contributed by atoms with Crippen molar-refractivity contribution in [3.63, 3.8) is 0 Å². The third-order valence-electron chi connectivity index (χ3n) is 3.23. The SMILES string of the molecule is C=C(C)NC1CCC(NC2CC2)CC1. The highest BCUT2D eigenvalue weighted by atomic mass is 15.0. The van der Waals surface area contributed by atoms with Crippen LogP contribution in [0.1, 0.15) is 45.4 Å². The first kappa shape index (κ1) is 10.0. The van der Waals surface area contributed by atoms with E-state index in [9.17, 15) is 0 Å². The van der Waals surface area contributed by atoms with Gasteiger partial charge >= 0.3 is 0 Å². The predicted octanol–water partition coefficient (Wildman–Crippen LogP) is 2.17. The van der Waals surface area contributed by atoms with E-state index >= 15 is 0 Å². The summed E-state index contributed by atoms with van der Waals surface area (Å²) in [4.78, 5) is 0. The number of allylic oxidation sites excluding steroid dienone is 1. The van der Waals surface area contributed by atoms with E-state index < -0.39 is 0 Å². The van der Waals surface area contributed by atoms with Crippen molar-refractivity contribution < 1.29 is 0 Å². The Morgan fingerprint density at radius 1 is 0.929 bits per heavy atom. The fourth-order valence-corrected chi connectivity index (χ4v) is 2.34. The van der Waals surface area contributed by atoms with Crippen LogP contribution in [0.5, 0.6) is 0 Å². The van der Waals surface area contributed by atoms with E-state index in [0.717, 1.165) is 17.8 Å². The maximum absolute atomic E-state index is 3.90. The Morgan fingerprint density at radius 3 is 1.79 bits per heavy atom. The molecule has 0 radical (unpaired) electrons. The molecule has 0 unspecified atom stereocenters. The van der Waals surface area contributed by atoms with E-state index in [1.165, 1.54) is 38.5 Å². The van der Waals surface area contributed by atoms with Gasteiger partial charge in [-0.1, -0.05) is 6.58 Å². The van der Waals surface area contributed by atoms with Crippen molar-refractivity contribution in [2.75, 3.05) is 0 Å². The van der Waals surface area contributed by atoms with Crippen molar-refractivity contribution in [3.05, 3.63) is 12.3 Å². The van der Waals surface area contributed by atoms with Crippen LogP contribution >= 0.6 is 0 Å². The molecule has 0 heterocycles. The van der Waals surface area contributed by atoms with Crippen LogP contribution in [0.25, 0.3) is 0 Å². The zero-order valence-corrected chi connectivity index (χ0v) is 9.18. The smallest absolute Gasteiger partial charge is 0.0259 e. The molecule has 2 aliphatic rings. The van der Waals surface area contributed by atoms with Crippen molar-refractivity contribution in [2.45, 2.75) is 63.6 Å². The molecule has 2 rings (SSSR count). The van der Waals surface area contributed by atoms with E-state index in [4.69, 9.17) is 0 Å². The van der Waals surface area contributed by atoms with E-state index in [1.54, 1.807) is 0 Å². The molecule has 2 aliphatic carbocycles. The van der Waals surface area contributed by atoms with E-state index in [2.05, 4.69) is 24.1 Å². The lowest BCUT2D eigenvalue weighted by atomic mass is 9.91. The summed E-state index contributed by atoms with van der Waals surface area (Å²) in [6, 6.07) is 2.35. The summed E-state index contributed by atoms with van der Waals surface area (Å²) < 4.78 is 0. The molecule has 2 fully saturated rings. The minimum absolute atomic E-state index is 0.685. The summed E-state index contributed by atoms with van der Waals surface area (Å²) >= 11 is 0. The maximum Gasteiger partial charge on any atom is 0.0259 e. The lowest BCUT2D eigenvalue weighted by molar-refractivity contribution is 0.318. The molecular formula is C12H22N2. The average Bonchev–Trinajstić information content (AvgIpc) is 2.91. The molecule has 0 aromatic heterocycles. The molecule has 0 amide bonds. The Balaban J connectivity index is 1.66. The van der Waals surface area contributed by atoms with Crippen molar-refractivity contribution >= 4 is 0 Å². The van der Waals surface area contributed by atoms with Gasteiger partial charge in [-0.05, 0) is 45.4 Å². The summed E-state index contributed by atoms with van der Waals surface area (Å²) in [5.41, 5.74) is 1.11. The molecule has 80 valence electrons. The highest BCUT2D eigenvalue weighted by molar-refractivity contribution is 4.93. The second kappa shape index (κ2) is 4.35. The molecule has 0 aliphatic heterocycles. The molecule has 0 aromatic carbocycles. The van der Waals surface area contributed by atoms with Crippen LogP contribution < -0.4 is 10.6 Å². The lowest BCUT2D eigenvalue weighted by Crippen LogP contribution is -2.40. The van der Waals surface area contributed by atoms with Gasteiger partial charge in [0, 0.05) is 23.8 Å². The molecule has 2 nitrogen and oxygen atoms in total. The van der Waals surface area contributed by atoms with Crippen LogP contribution in [-0.4, -0.2) is 18.1 Å². The van der Waals surface area contributed by atoms with Crippen LogP contribution in [0.4, 0.5) is 0 Å². The normalized spacial score (nSPS) is 32.6. The Hall–Kier alpha value is -0.500. The monoisotopic (exact) mass is 194 g/mol. The van der Waals surface area contributed by atoms with Crippen molar-refractivity contribution in [1.82, 2.24) is 10.6 Å². The Bertz CT molecular complexity index is 200. The minimum Gasteiger partial charge on any atom is -0.386 e. The topological polar surface area (TPSA) is 24.1 Å². The largest absolute Gasteiger partial charge is 0.386 e. The van der Waals surface area contributed by atoms with Crippen LogP contribution in [0, 0.1) is 0 Å². The molecule has 2 saturated carbocycles. The van der Waals surface area contributed by atoms with Gasteiger partial charge in [-0.25, -0.2) is 0 Å². The standard InChI is InChI=1S/C12H22N2/c1-9(2)13-10-3-5-11(6-4-10)14-12-7-8-12/h10-14H,1,3-8H2,2H3. The van der Waals surface area contributed by atoms with Gasteiger partial charge in [0.2, 0.25) is 0 Å². The van der Waals surface area contributed by atoms with Crippen LogP contribution in [0.3, 0.4) is 0 Å². The maximum atomic E-state index is 3.90. The van der Waals surface area contributed by atoms with Gasteiger partial charge in [0.25, 0.3) is 0 Å². The zero-order valence-electron chi connectivity index (χ0n) is 9.18. The molecule has 0 saturated heterocycles. The number of hydrogen-bond acceptors (Lipinski definition) is 2. The van der Waals surface area contributed by atoms with Crippen LogP contribution in [0.2, 0.25) is 0 Å². The van der Waals surface area contributed by atoms with Crippen LogP contribution in [-0.2, 0) is 0 Å². The van der Waals surface area contributed by atoms with Gasteiger partial charge in [0.05, 0.1) is 0 Å². The van der Waals surface area contributed by atoms with Crippen molar-refractivity contribution in [2.24, 2.45) is 0 Å². The summed E-state index contributed by atoms with van der Waals surface area (Å²) in [5, 5.41) is 7.17. The predicted molar refractivity (Wildman–Crippen MR) is 60.2 cm³/mol. The quantitative estimate of drug-likeness (QED) is 0.716. The number of hydrogen-bond donors (Lipinski definition) is 2. The van der Waals surface area contributed by atoms with Gasteiger partial charge in [0.15, 0.2) is 0 Å². The highest BCUT2D eigenvalue weighted by Gasteiger charge is 2.27. The van der Waals surface area contributed by atoms with Crippen LogP contribution in [0.15, 0.2) is 12.3 Å². The lowest BCUT2D eigenvalue weighted by Gasteiger charge is -2.30. The first-order chi connectivity index (χ1) is 6.74. The third-order valence-corrected chi connectivity index (χ3v) is 3.23. The third kappa shape index (κ3) is 3.02. The summed E-state index contributed by atoms with van der Waals surface area (Å²) in [6.07, 6.45) is 8.09.